The van der Waals surface area contributed by atoms with E-state index >= 15 is 0 Å². The lowest BCUT2D eigenvalue weighted by molar-refractivity contribution is 0.304. The maximum Gasteiger partial charge on any atom is 0.138 e. The third kappa shape index (κ3) is 5.06. The summed E-state index contributed by atoms with van der Waals surface area (Å²) in [6, 6.07) is 6.16. The zero-order valence-electron chi connectivity index (χ0n) is 12.8. The first-order chi connectivity index (χ1) is 9.01. The summed E-state index contributed by atoms with van der Waals surface area (Å²) in [5, 5.41) is 0.714. The lowest BCUT2D eigenvalue weighted by Gasteiger charge is -2.24. The van der Waals surface area contributed by atoms with Crippen molar-refractivity contribution in [2.75, 3.05) is 6.61 Å². The van der Waals surface area contributed by atoms with Gasteiger partial charge in [0.15, 0.2) is 0 Å². The van der Waals surface area contributed by atoms with Crippen LogP contribution < -0.4 is 4.74 Å². The van der Waals surface area contributed by atoms with Crippen molar-refractivity contribution in [3.8, 4) is 5.75 Å². The molecule has 0 bridgehead atoms. The molecule has 0 saturated heterocycles. The van der Waals surface area contributed by atoms with E-state index in [0.29, 0.717) is 5.02 Å². The van der Waals surface area contributed by atoms with Crippen LogP contribution in [0.15, 0.2) is 18.2 Å². The minimum Gasteiger partial charge on any atom is -0.492 e. The average molecular weight is 283 g/mol. The van der Waals surface area contributed by atoms with Crippen LogP contribution in [0.4, 0.5) is 0 Å². The van der Waals surface area contributed by atoms with Gasteiger partial charge in [-0.15, -0.1) is 0 Å². The summed E-state index contributed by atoms with van der Waals surface area (Å²) in [4.78, 5) is 0. The highest BCUT2D eigenvalue weighted by atomic mass is 35.5. The summed E-state index contributed by atoms with van der Waals surface area (Å²) >= 11 is 6.20. The van der Waals surface area contributed by atoms with E-state index in [1.165, 1.54) is 24.8 Å². The Bertz CT molecular complexity index is 385. The first-order valence-electron chi connectivity index (χ1n) is 7.44. The van der Waals surface area contributed by atoms with E-state index in [4.69, 9.17) is 16.3 Å². The van der Waals surface area contributed by atoms with Crippen molar-refractivity contribution in [3.63, 3.8) is 0 Å². The molecule has 0 atom stereocenters. The summed E-state index contributed by atoms with van der Waals surface area (Å²) in [5.74, 6) is 0.831. The van der Waals surface area contributed by atoms with E-state index in [9.17, 15) is 0 Å². The molecule has 0 heterocycles. The van der Waals surface area contributed by atoms with Gasteiger partial charge in [0.2, 0.25) is 0 Å². The second-order valence-corrected chi connectivity index (χ2v) is 6.20. The molecular weight excluding hydrogens is 256 g/mol. The normalized spacial score (nSPS) is 11.6. The molecule has 1 nitrogen and oxygen atoms in total. The molecule has 0 amide bonds. The van der Waals surface area contributed by atoms with E-state index in [1.807, 2.05) is 6.07 Å². The third-order valence-electron chi connectivity index (χ3n) is 3.85. The lowest BCUT2D eigenvalue weighted by atomic mass is 9.82. The highest BCUT2D eigenvalue weighted by molar-refractivity contribution is 6.32. The van der Waals surface area contributed by atoms with E-state index < -0.39 is 0 Å². The van der Waals surface area contributed by atoms with Gasteiger partial charge in [0.05, 0.1) is 11.6 Å². The van der Waals surface area contributed by atoms with Crippen LogP contribution in [0.3, 0.4) is 0 Å². The summed E-state index contributed by atoms with van der Waals surface area (Å²) in [7, 11) is 0. The van der Waals surface area contributed by atoms with E-state index in [0.717, 1.165) is 25.2 Å². The largest absolute Gasteiger partial charge is 0.492 e. The van der Waals surface area contributed by atoms with Crippen molar-refractivity contribution in [2.45, 2.75) is 65.2 Å². The minimum absolute atomic E-state index is 0.172. The van der Waals surface area contributed by atoms with Crippen LogP contribution in [0.25, 0.3) is 0 Å². The Morgan fingerprint density at radius 3 is 2.47 bits per heavy atom. The zero-order chi connectivity index (χ0) is 14.3. The predicted octanol–water partition coefficient (Wildman–Crippen LogP) is 5.99. The molecule has 0 aliphatic carbocycles. The number of halogens is 1. The van der Waals surface area contributed by atoms with Crippen molar-refractivity contribution >= 4 is 11.6 Å². The Morgan fingerprint density at radius 2 is 1.84 bits per heavy atom. The van der Waals surface area contributed by atoms with Gasteiger partial charge in [0.25, 0.3) is 0 Å². The summed E-state index contributed by atoms with van der Waals surface area (Å²) in [6.45, 7) is 9.69. The molecule has 0 N–H and O–H groups in total. The molecule has 0 unspecified atom stereocenters. The second kappa shape index (κ2) is 7.79. The molecule has 0 aliphatic heterocycles. The molecule has 0 spiro atoms. The number of hydrogen-bond acceptors (Lipinski definition) is 1. The molecule has 1 rings (SSSR count). The highest BCUT2D eigenvalue weighted by Crippen LogP contribution is 2.33. The molecule has 0 fully saturated rings. The van der Waals surface area contributed by atoms with Crippen molar-refractivity contribution in [1.82, 2.24) is 0 Å². The number of hydrogen-bond donors (Lipinski definition) is 0. The van der Waals surface area contributed by atoms with Crippen molar-refractivity contribution in [3.05, 3.63) is 28.8 Å². The van der Waals surface area contributed by atoms with Gasteiger partial charge in [-0.25, -0.2) is 0 Å². The Balaban J connectivity index is 2.64. The molecule has 0 aliphatic rings. The van der Waals surface area contributed by atoms with E-state index in [-0.39, 0.29) is 5.41 Å². The fourth-order valence-electron chi connectivity index (χ4n) is 1.95. The first kappa shape index (κ1) is 16.4. The second-order valence-electron chi connectivity index (χ2n) is 5.79. The van der Waals surface area contributed by atoms with Crippen LogP contribution in [0.1, 0.15) is 65.4 Å². The van der Waals surface area contributed by atoms with Crippen molar-refractivity contribution in [1.29, 1.82) is 0 Å². The molecule has 0 aromatic heterocycles. The van der Waals surface area contributed by atoms with Gasteiger partial charge in [0.1, 0.15) is 5.75 Å². The number of benzene rings is 1. The molecule has 2 heteroatoms. The monoisotopic (exact) mass is 282 g/mol. The maximum absolute atomic E-state index is 6.20. The van der Waals surface area contributed by atoms with Crippen LogP contribution in [-0.4, -0.2) is 6.61 Å². The summed E-state index contributed by atoms with van der Waals surface area (Å²) in [5.41, 5.74) is 1.47. The zero-order valence-corrected chi connectivity index (χ0v) is 13.5. The van der Waals surface area contributed by atoms with E-state index in [2.05, 4.69) is 39.8 Å². The summed E-state index contributed by atoms with van der Waals surface area (Å²) in [6.07, 6.45) is 5.96. The molecule has 19 heavy (non-hydrogen) atoms. The molecule has 108 valence electrons. The minimum atomic E-state index is 0.172. The Kier molecular flexibility index (Phi) is 6.71. The first-order valence-corrected chi connectivity index (χ1v) is 7.82. The van der Waals surface area contributed by atoms with E-state index in [1.54, 1.807) is 0 Å². The fraction of sp³-hybridized carbons (Fsp3) is 0.647. The van der Waals surface area contributed by atoms with Gasteiger partial charge in [0, 0.05) is 0 Å². The number of unbranched alkanes of at least 4 members (excludes halogenated alkanes) is 3. The van der Waals surface area contributed by atoms with Gasteiger partial charge >= 0.3 is 0 Å². The molecule has 1 aromatic rings. The van der Waals surface area contributed by atoms with Gasteiger partial charge in [-0.3, -0.25) is 0 Å². The van der Waals surface area contributed by atoms with Crippen LogP contribution in [-0.2, 0) is 5.41 Å². The van der Waals surface area contributed by atoms with Gasteiger partial charge < -0.3 is 4.74 Å². The molecular formula is C17H27ClO. The van der Waals surface area contributed by atoms with Crippen LogP contribution in [0.5, 0.6) is 5.75 Å². The van der Waals surface area contributed by atoms with Crippen LogP contribution in [0, 0.1) is 0 Å². The fourth-order valence-corrected chi connectivity index (χ4v) is 2.12. The predicted molar refractivity (Wildman–Crippen MR) is 84.4 cm³/mol. The van der Waals surface area contributed by atoms with Crippen LogP contribution >= 0.6 is 11.6 Å². The molecule has 0 saturated carbocycles. The Morgan fingerprint density at radius 1 is 1.11 bits per heavy atom. The van der Waals surface area contributed by atoms with Gasteiger partial charge in [-0.1, -0.05) is 64.6 Å². The smallest absolute Gasteiger partial charge is 0.138 e. The molecule has 1 aromatic carbocycles. The van der Waals surface area contributed by atoms with Crippen LogP contribution in [0.2, 0.25) is 5.02 Å². The van der Waals surface area contributed by atoms with Gasteiger partial charge in [-0.2, -0.15) is 0 Å². The SMILES string of the molecule is CCCCCCOc1cc(C(C)(C)CC)ccc1Cl. The number of rotatable bonds is 8. The third-order valence-corrected chi connectivity index (χ3v) is 4.16. The van der Waals surface area contributed by atoms with Gasteiger partial charge in [-0.05, 0) is 36.0 Å². The number of ether oxygens (including phenoxy) is 1. The lowest BCUT2D eigenvalue weighted by Crippen LogP contribution is -2.15. The molecule has 0 radical (unpaired) electrons. The topological polar surface area (TPSA) is 9.23 Å². The maximum atomic E-state index is 6.20. The summed E-state index contributed by atoms with van der Waals surface area (Å²) < 4.78 is 5.83. The Labute approximate surface area is 123 Å². The van der Waals surface area contributed by atoms with Crippen molar-refractivity contribution < 1.29 is 4.74 Å². The Hall–Kier alpha value is -0.690. The van der Waals surface area contributed by atoms with Crippen molar-refractivity contribution in [2.24, 2.45) is 0 Å². The highest BCUT2D eigenvalue weighted by Gasteiger charge is 2.19. The average Bonchev–Trinajstić information content (AvgIpc) is 2.40. The quantitative estimate of drug-likeness (QED) is 0.532. The standard InChI is InChI=1S/C17H27ClO/c1-5-7-8-9-12-19-16-13-14(10-11-15(16)18)17(3,4)6-2/h10-11,13H,5-9,12H2,1-4H3.